The fourth-order valence-electron chi connectivity index (χ4n) is 3.10. The molecule has 1 heteroatoms. The van der Waals surface area contributed by atoms with Crippen molar-refractivity contribution in [1.29, 1.82) is 0 Å². The summed E-state index contributed by atoms with van der Waals surface area (Å²) < 4.78 is 0. The van der Waals surface area contributed by atoms with E-state index < -0.39 is 5.60 Å². The van der Waals surface area contributed by atoms with Crippen LogP contribution in [-0.4, -0.2) is 10.7 Å². The summed E-state index contributed by atoms with van der Waals surface area (Å²) in [7, 11) is 0. The van der Waals surface area contributed by atoms with Gasteiger partial charge < -0.3 is 5.11 Å². The third-order valence-electron chi connectivity index (χ3n) is 4.89. The molecule has 0 amide bonds. The summed E-state index contributed by atoms with van der Waals surface area (Å²) in [5.41, 5.74) is 0.0160. The van der Waals surface area contributed by atoms with E-state index in [0.29, 0.717) is 5.41 Å². The second-order valence-electron chi connectivity index (χ2n) is 5.59. The van der Waals surface area contributed by atoms with Crippen molar-refractivity contribution in [2.45, 2.75) is 58.5 Å². The summed E-state index contributed by atoms with van der Waals surface area (Å²) in [5, 5.41) is 10.5. The third-order valence-corrected chi connectivity index (χ3v) is 4.89. The number of hydrogen-bond acceptors (Lipinski definition) is 1. The predicted octanol–water partition coefficient (Wildman–Crippen LogP) is 2.73. The Balaban J connectivity index is 2.31. The van der Waals surface area contributed by atoms with Gasteiger partial charge in [0.1, 0.15) is 0 Å². The van der Waals surface area contributed by atoms with Gasteiger partial charge in [-0.25, -0.2) is 0 Å². The molecule has 2 aliphatic rings. The minimum Gasteiger partial charge on any atom is -0.389 e. The Morgan fingerprint density at radius 1 is 0.917 bits per heavy atom. The monoisotopic (exact) mass is 168 g/mol. The van der Waals surface area contributed by atoms with E-state index in [2.05, 4.69) is 20.8 Å². The number of hydrogen-bond donors (Lipinski definition) is 1. The van der Waals surface area contributed by atoms with Gasteiger partial charge in [-0.3, -0.25) is 0 Å². The van der Waals surface area contributed by atoms with E-state index in [4.69, 9.17) is 0 Å². The Morgan fingerprint density at radius 3 is 1.67 bits per heavy atom. The molecule has 0 saturated heterocycles. The van der Waals surface area contributed by atoms with Crippen LogP contribution in [0.3, 0.4) is 0 Å². The zero-order valence-corrected chi connectivity index (χ0v) is 8.48. The summed E-state index contributed by atoms with van der Waals surface area (Å²) >= 11 is 0. The Kier molecular flexibility index (Phi) is 1.47. The van der Waals surface area contributed by atoms with Crippen LogP contribution in [0, 0.1) is 10.8 Å². The first-order valence-electron chi connectivity index (χ1n) is 5.14. The molecular weight excluding hydrogens is 148 g/mol. The summed E-state index contributed by atoms with van der Waals surface area (Å²) in [4.78, 5) is 0. The molecule has 0 aromatic rings. The second-order valence-corrected chi connectivity index (χ2v) is 5.59. The molecule has 1 N–H and O–H groups in total. The summed E-state index contributed by atoms with van der Waals surface area (Å²) in [6.07, 6.45) is 6.27. The van der Waals surface area contributed by atoms with Crippen molar-refractivity contribution in [2.75, 3.05) is 0 Å². The van der Waals surface area contributed by atoms with Gasteiger partial charge in [-0.1, -0.05) is 20.3 Å². The van der Waals surface area contributed by atoms with Crippen molar-refractivity contribution in [3.8, 4) is 0 Å². The maximum absolute atomic E-state index is 10.5. The molecule has 2 fully saturated rings. The molecule has 2 rings (SSSR count). The maximum atomic E-state index is 10.5. The first kappa shape index (κ1) is 8.55. The van der Waals surface area contributed by atoms with E-state index in [1.54, 1.807) is 0 Å². The molecule has 0 heterocycles. The van der Waals surface area contributed by atoms with Gasteiger partial charge in [-0.15, -0.1) is 0 Å². The molecule has 0 radical (unpaired) electrons. The smallest absolute Gasteiger partial charge is 0.0726 e. The van der Waals surface area contributed by atoms with Crippen LogP contribution in [-0.2, 0) is 0 Å². The molecule has 1 nitrogen and oxygen atoms in total. The highest BCUT2D eigenvalue weighted by Gasteiger charge is 2.62. The van der Waals surface area contributed by atoms with Gasteiger partial charge in [0.05, 0.1) is 5.60 Å². The van der Waals surface area contributed by atoms with Gasteiger partial charge >= 0.3 is 0 Å². The summed E-state index contributed by atoms with van der Waals surface area (Å²) in [5.74, 6) is 0. The van der Waals surface area contributed by atoms with E-state index in [9.17, 15) is 5.11 Å². The minimum absolute atomic E-state index is 0.132. The van der Waals surface area contributed by atoms with Gasteiger partial charge in [0.2, 0.25) is 0 Å². The maximum Gasteiger partial charge on any atom is 0.0726 e. The fraction of sp³-hybridized carbons (Fsp3) is 1.00. The van der Waals surface area contributed by atoms with Crippen LogP contribution in [0.5, 0.6) is 0 Å². The van der Waals surface area contributed by atoms with Crippen LogP contribution >= 0.6 is 0 Å². The third kappa shape index (κ3) is 0.736. The van der Waals surface area contributed by atoms with Crippen LogP contribution < -0.4 is 0 Å². The van der Waals surface area contributed by atoms with Crippen molar-refractivity contribution in [1.82, 2.24) is 0 Å². The van der Waals surface area contributed by atoms with Crippen molar-refractivity contribution in [3.63, 3.8) is 0 Å². The van der Waals surface area contributed by atoms with Gasteiger partial charge in [0, 0.05) is 0 Å². The highest BCUT2D eigenvalue weighted by atomic mass is 16.3. The lowest BCUT2D eigenvalue weighted by atomic mass is 9.57. The van der Waals surface area contributed by atoms with Crippen molar-refractivity contribution < 1.29 is 5.11 Å². The molecule has 2 aliphatic carbocycles. The minimum atomic E-state index is -0.418. The predicted molar refractivity (Wildman–Crippen MR) is 49.9 cm³/mol. The Hall–Kier alpha value is -0.0400. The zero-order chi connectivity index (χ0) is 9.04. The fourth-order valence-corrected chi connectivity index (χ4v) is 3.10. The van der Waals surface area contributed by atoms with Crippen molar-refractivity contribution >= 4 is 0 Å². The molecule has 0 bridgehead atoms. The quantitative estimate of drug-likeness (QED) is 0.589. The molecule has 70 valence electrons. The van der Waals surface area contributed by atoms with E-state index in [-0.39, 0.29) is 5.41 Å². The Morgan fingerprint density at radius 2 is 1.50 bits per heavy atom. The van der Waals surface area contributed by atoms with Crippen molar-refractivity contribution in [2.24, 2.45) is 10.8 Å². The average molecular weight is 168 g/mol. The molecule has 1 spiro atoms. The van der Waals surface area contributed by atoms with E-state index in [0.717, 1.165) is 0 Å². The first-order valence-corrected chi connectivity index (χ1v) is 5.14. The van der Waals surface area contributed by atoms with Crippen LogP contribution in [0.2, 0.25) is 0 Å². The second kappa shape index (κ2) is 2.06. The number of rotatable bonds is 0. The Labute approximate surface area is 75.2 Å². The van der Waals surface area contributed by atoms with Crippen LogP contribution in [0.1, 0.15) is 52.9 Å². The summed E-state index contributed by atoms with van der Waals surface area (Å²) in [6.45, 7) is 6.47. The lowest BCUT2D eigenvalue weighted by molar-refractivity contribution is -0.140. The van der Waals surface area contributed by atoms with Gasteiger partial charge in [0.15, 0.2) is 0 Å². The SMILES string of the molecule is CC1(C)CCC2(CCC2)C1(C)O. The Bertz CT molecular complexity index is 199. The lowest BCUT2D eigenvalue weighted by Crippen LogP contribution is -2.52. The zero-order valence-electron chi connectivity index (χ0n) is 8.48. The highest BCUT2D eigenvalue weighted by molar-refractivity contribution is 5.13. The number of aliphatic hydroxyl groups is 1. The molecular formula is C11H20O. The van der Waals surface area contributed by atoms with E-state index in [1.807, 2.05) is 0 Å². The highest BCUT2D eigenvalue weighted by Crippen LogP contribution is 2.65. The van der Waals surface area contributed by atoms with E-state index >= 15 is 0 Å². The molecule has 0 aliphatic heterocycles. The van der Waals surface area contributed by atoms with Gasteiger partial charge in [-0.05, 0) is 43.4 Å². The normalized spacial score (nSPS) is 43.0. The first-order chi connectivity index (χ1) is 5.41. The summed E-state index contributed by atoms with van der Waals surface area (Å²) in [6, 6.07) is 0. The molecule has 0 aromatic carbocycles. The molecule has 2 saturated carbocycles. The van der Waals surface area contributed by atoms with Crippen LogP contribution in [0.15, 0.2) is 0 Å². The lowest BCUT2D eigenvalue weighted by Gasteiger charge is -2.51. The molecule has 1 atom stereocenters. The topological polar surface area (TPSA) is 20.2 Å². The largest absolute Gasteiger partial charge is 0.389 e. The van der Waals surface area contributed by atoms with E-state index in [1.165, 1.54) is 32.1 Å². The van der Waals surface area contributed by atoms with Gasteiger partial charge in [-0.2, -0.15) is 0 Å². The van der Waals surface area contributed by atoms with Crippen molar-refractivity contribution in [3.05, 3.63) is 0 Å². The average Bonchev–Trinajstić information content (AvgIpc) is 1.99. The molecule has 0 aromatic heterocycles. The van der Waals surface area contributed by atoms with Crippen LogP contribution in [0.25, 0.3) is 0 Å². The molecule has 1 unspecified atom stereocenters. The van der Waals surface area contributed by atoms with Crippen LogP contribution in [0.4, 0.5) is 0 Å². The molecule has 12 heavy (non-hydrogen) atoms. The standard InChI is InChI=1S/C11H20O/c1-9(2)7-8-11(5-4-6-11)10(9,3)12/h12H,4-8H2,1-3H3. The van der Waals surface area contributed by atoms with Gasteiger partial charge in [0.25, 0.3) is 0 Å².